The van der Waals surface area contributed by atoms with Crippen molar-refractivity contribution in [2.45, 2.75) is 51.4 Å². The van der Waals surface area contributed by atoms with Gasteiger partial charge in [-0.15, -0.1) is 6.58 Å². The highest BCUT2D eigenvalue weighted by molar-refractivity contribution is 5.84. The summed E-state index contributed by atoms with van der Waals surface area (Å²) in [5.41, 5.74) is 2.97. The number of alkyl carbamates (subject to hydrolysis) is 1. The van der Waals surface area contributed by atoms with Gasteiger partial charge in [0.15, 0.2) is 6.73 Å². The van der Waals surface area contributed by atoms with E-state index in [0.29, 0.717) is 25.4 Å². The van der Waals surface area contributed by atoms with E-state index in [4.69, 9.17) is 4.74 Å². The van der Waals surface area contributed by atoms with Gasteiger partial charge >= 0.3 is 6.09 Å². The molecular formula is C28H43N7O3. The fraction of sp³-hybridized carbons (Fsp3) is 0.607. The van der Waals surface area contributed by atoms with E-state index in [1.54, 1.807) is 10.8 Å². The fourth-order valence-corrected chi connectivity index (χ4v) is 5.51. The van der Waals surface area contributed by atoms with Gasteiger partial charge in [-0.2, -0.15) is 5.10 Å². The molecule has 1 unspecified atom stereocenters. The Morgan fingerprint density at radius 2 is 1.92 bits per heavy atom. The van der Waals surface area contributed by atoms with Gasteiger partial charge in [0.1, 0.15) is 0 Å². The maximum Gasteiger partial charge on any atom is 0.408 e. The number of benzene rings is 1. The van der Waals surface area contributed by atoms with E-state index in [1.165, 1.54) is 12.8 Å². The molecule has 0 aliphatic carbocycles. The van der Waals surface area contributed by atoms with Gasteiger partial charge in [-0.25, -0.2) is 9.48 Å². The number of aromatic nitrogens is 2. The molecule has 1 aromatic heterocycles. The Hall–Kier alpha value is -2.95. The highest BCUT2D eigenvalue weighted by Gasteiger charge is 2.30. The van der Waals surface area contributed by atoms with Gasteiger partial charge in [0.2, 0.25) is 5.91 Å². The standard InChI is InChI=1S/C28H43N7O3/c1-5-6-9-30-28(37)38-20-35-19-23-17-22(16-21(2)26(23)31-35)18-25(29-3)27(36)34-14-12-33(13-15-34)24-7-10-32(4)11-8-24/h5,16-17,19,24-25,29H,1,6-15,18,20H2,2-4H3,(H,30,37). The first-order valence-corrected chi connectivity index (χ1v) is 13.7. The van der Waals surface area contributed by atoms with Gasteiger partial charge in [0, 0.05) is 50.3 Å². The molecular weight excluding hydrogens is 482 g/mol. The van der Waals surface area contributed by atoms with Gasteiger partial charge < -0.3 is 25.2 Å². The topological polar surface area (TPSA) is 95.0 Å². The lowest BCUT2D eigenvalue weighted by Crippen LogP contribution is -2.57. The quantitative estimate of drug-likeness (QED) is 0.362. The molecule has 2 aliphatic rings. The van der Waals surface area contributed by atoms with Crippen LogP contribution in [0.25, 0.3) is 10.9 Å². The molecule has 1 atom stereocenters. The van der Waals surface area contributed by atoms with Crippen LogP contribution in [0.1, 0.15) is 30.4 Å². The van der Waals surface area contributed by atoms with Crippen LogP contribution in [0.3, 0.4) is 0 Å². The highest BCUT2D eigenvalue weighted by atomic mass is 16.6. The zero-order chi connectivity index (χ0) is 27.1. The zero-order valence-corrected chi connectivity index (χ0v) is 23.1. The van der Waals surface area contributed by atoms with E-state index in [1.807, 2.05) is 25.1 Å². The second-order valence-electron chi connectivity index (χ2n) is 10.5. The van der Waals surface area contributed by atoms with Crippen LogP contribution in [-0.4, -0.2) is 108 Å². The third-order valence-corrected chi connectivity index (χ3v) is 7.77. The number of rotatable bonds is 10. The van der Waals surface area contributed by atoms with E-state index in [9.17, 15) is 9.59 Å². The number of likely N-dealkylation sites (tertiary alicyclic amines) is 1. The Kier molecular flexibility index (Phi) is 9.76. The van der Waals surface area contributed by atoms with Gasteiger partial charge in [-0.05, 0) is 77.0 Å². The van der Waals surface area contributed by atoms with Gasteiger partial charge in [-0.1, -0.05) is 12.1 Å². The number of aryl methyl sites for hydroxylation is 1. The van der Waals surface area contributed by atoms with Crippen molar-refractivity contribution in [1.82, 2.24) is 35.1 Å². The molecule has 4 rings (SSSR count). The summed E-state index contributed by atoms with van der Waals surface area (Å²) >= 11 is 0. The molecule has 0 bridgehead atoms. The van der Waals surface area contributed by atoms with Gasteiger partial charge in [0.25, 0.3) is 0 Å². The van der Waals surface area contributed by atoms with Crippen molar-refractivity contribution >= 4 is 22.9 Å². The van der Waals surface area contributed by atoms with E-state index in [0.717, 1.165) is 61.3 Å². The predicted octanol–water partition coefficient (Wildman–Crippen LogP) is 1.97. The number of amides is 2. The highest BCUT2D eigenvalue weighted by Crippen LogP contribution is 2.22. The largest absolute Gasteiger partial charge is 0.426 e. The minimum atomic E-state index is -0.480. The second-order valence-corrected chi connectivity index (χ2v) is 10.5. The average Bonchev–Trinajstić information content (AvgIpc) is 3.34. The summed E-state index contributed by atoms with van der Waals surface area (Å²) in [6.45, 7) is 12.0. The minimum Gasteiger partial charge on any atom is -0.426 e. The zero-order valence-electron chi connectivity index (χ0n) is 23.1. The summed E-state index contributed by atoms with van der Waals surface area (Å²) in [5, 5.41) is 11.5. The third-order valence-electron chi connectivity index (χ3n) is 7.77. The molecule has 10 heteroatoms. The molecule has 3 heterocycles. The van der Waals surface area contributed by atoms with Crippen molar-refractivity contribution in [2.75, 3.05) is 59.9 Å². The maximum absolute atomic E-state index is 13.4. The second kappa shape index (κ2) is 13.2. The molecule has 1 aromatic carbocycles. The number of ether oxygens (including phenoxy) is 1. The number of nitrogens with one attached hydrogen (secondary N) is 2. The SMILES string of the molecule is C=CCCNC(=O)OCn1cc2cc(CC(NC)C(=O)N3CCN(C4CCN(C)CC4)CC3)cc(C)c2n1. The number of carbonyl (C=O) groups excluding carboxylic acids is 2. The summed E-state index contributed by atoms with van der Waals surface area (Å²) in [4.78, 5) is 32.2. The summed E-state index contributed by atoms with van der Waals surface area (Å²) < 4.78 is 6.88. The van der Waals surface area contributed by atoms with Gasteiger partial charge in [-0.3, -0.25) is 9.69 Å². The molecule has 2 aliphatic heterocycles. The lowest BCUT2D eigenvalue weighted by molar-refractivity contribution is -0.135. The average molecular weight is 526 g/mol. The lowest BCUT2D eigenvalue weighted by Gasteiger charge is -2.42. The first-order valence-electron chi connectivity index (χ1n) is 13.7. The van der Waals surface area contributed by atoms with Crippen LogP contribution in [0.2, 0.25) is 0 Å². The summed E-state index contributed by atoms with van der Waals surface area (Å²) in [5.74, 6) is 0.167. The summed E-state index contributed by atoms with van der Waals surface area (Å²) in [6, 6.07) is 4.54. The van der Waals surface area contributed by atoms with Crippen LogP contribution in [0.5, 0.6) is 0 Å². The molecule has 38 heavy (non-hydrogen) atoms. The number of likely N-dealkylation sites (N-methyl/N-ethyl adjacent to an activating group) is 1. The molecule has 2 saturated heterocycles. The summed E-state index contributed by atoms with van der Waals surface area (Å²) in [6.07, 6.45) is 6.87. The van der Waals surface area contributed by atoms with Crippen LogP contribution < -0.4 is 10.6 Å². The molecule has 10 nitrogen and oxygen atoms in total. The molecule has 2 fully saturated rings. The third kappa shape index (κ3) is 7.12. The smallest absolute Gasteiger partial charge is 0.408 e. The van der Waals surface area contributed by atoms with E-state index < -0.39 is 6.09 Å². The van der Waals surface area contributed by atoms with Crippen molar-refractivity contribution in [3.05, 3.63) is 42.1 Å². The number of piperazine rings is 1. The molecule has 208 valence electrons. The summed E-state index contributed by atoms with van der Waals surface area (Å²) in [7, 11) is 4.05. The number of hydrogen-bond donors (Lipinski definition) is 2. The molecule has 0 radical (unpaired) electrons. The van der Waals surface area contributed by atoms with Crippen LogP contribution >= 0.6 is 0 Å². The van der Waals surface area contributed by atoms with Crippen LogP contribution in [0.4, 0.5) is 4.79 Å². The number of carbonyl (C=O) groups is 2. The Balaban J connectivity index is 1.32. The number of piperidine rings is 1. The van der Waals surface area contributed by atoms with E-state index in [2.05, 4.69) is 51.3 Å². The Labute approximate surface area is 225 Å². The normalized spacial score (nSPS) is 18.4. The monoisotopic (exact) mass is 525 g/mol. The van der Waals surface area contributed by atoms with Crippen molar-refractivity contribution in [3.63, 3.8) is 0 Å². The Morgan fingerprint density at radius 3 is 2.61 bits per heavy atom. The van der Waals surface area contributed by atoms with Crippen LogP contribution in [0, 0.1) is 6.92 Å². The first-order chi connectivity index (χ1) is 18.4. The van der Waals surface area contributed by atoms with Gasteiger partial charge in [0.05, 0.1) is 11.6 Å². The fourth-order valence-electron chi connectivity index (χ4n) is 5.51. The van der Waals surface area contributed by atoms with E-state index in [-0.39, 0.29) is 18.7 Å². The Morgan fingerprint density at radius 1 is 1.18 bits per heavy atom. The van der Waals surface area contributed by atoms with Crippen molar-refractivity contribution in [2.24, 2.45) is 0 Å². The van der Waals surface area contributed by atoms with E-state index >= 15 is 0 Å². The van der Waals surface area contributed by atoms with Crippen molar-refractivity contribution in [1.29, 1.82) is 0 Å². The molecule has 0 spiro atoms. The first kappa shape index (κ1) is 28.1. The molecule has 2 aromatic rings. The molecule has 2 amide bonds. The minimum absolute atomic E-state index is 0.0323. The van der Waals surface area contributed by atoms with Crippen molar-refractivity contribution < 1.29 is 14.3 Å². The van der Waals surface area contributed by atoms with Crippen LogP contribution in [-0.2, 0) is 22.7 Å². The maximum atomic E-state index is 13.4. The predicted molar refractivity (Wildman–Crippen MR) is 149 cm³/mol. The number of fused-ring (bicyclic) bond motifs is 1. The number of nitrogens with zero attached hydrogens (tertiary/aromatic N) is 5. The molecule has 2 N–H and O–H groups in total. The van der Waals surface area contributed by atoms with Crippen molar-refractivity contribution in [3.8, 4) is 0 Å². The molecule has 0 saturated carbocycles. The number of hydrogen-bond acceptors (Lipinski definition) is 7. The lowest BCUT2D eigenvalue weighted by atomic mass is 10.00. The van der Waals surface area contributed by atoms with Crippen LogP contribution in [0.15, 0.2) is 31.0 Å². The Bertz CT molecular complexity index is 1100.